The fraction of sp³-hybridized carbons (Fsp3) is 0.211. The number of rotatable bonds is 4. The van der Waals surface area contributed by atoms with Gasteiger partial charge in [0.15, 0.2) is 28.6 Å². The molecule has 2 aromatic carbocycles. The predicted octanol–water partition coefficient (Wildman–Crippen LogP) is 3.80. The van der Waals surface area contributed by atoms with Gasteiger partial charge in [-0.15, -0.1) is 0 Å². The summed E-state index contributed by atoms with van der Waals surface area (Å²) in [6.07, 6.45) is 0. The number of benzene rings is 2. The molecule has 4 rings (SSSR count). The molecule has 2 heterocycles. The van der Waals surface area contributed by atoms with Crippen LogP contribution in [0.3, 0.4) is 0 Å². The third-order valence-corrected chi connectivity index (χ3v) is 4.34. The quantitative estimate of drug-likeness (QED) is 0.753. The number of carbonyl (C=O) groups is 1. The number of amides is 1. The Morgan fingerprint density at radius 3 is 2.92 bits per heavy atom. The van der Waals surface area contributed by atoms with Crippen LogP contribution in [0, 0.1) is 0 Å². The summed E-state index contributed by atoms with van der Waals surface area (Å²) in [5, 5.41) is 4.08. The first-order valence-electron chi connectivity index (χ1n) is 8.08. The molecular weight excluding hydrogens is 358 g/mol. The van der Waals surface area contributed by atoms with Gasteiger partial charge in [-0.25, -0.2) is 0 Å². The number of carbonyl (C=O) groups excluding carboxylic acids is 1. The van der Waals surface area contributed by atoms with Gasteiger partial charge in [0.1, 0.15) is 13.2 Å². The van der Waals surface area contributed by atoms with E-state index in [1.54, 1.807) is 25.3 Å². The van der Waals surface area contributed by atoms with Gasteiger partial charge in [-0.3, -0.25) is 4.79 Å². The zero-order valence-electron chi connectivity index (χ0n) is 14.0. The number of methoxy groups -OCH3 is 1. The topological polar surface area (TPSA) is 69.9 Å². The Morgan fingerprint density at radius 2 is 2.08 bits per heavy atom. The molecule has 0 saturated heterocycles. The van der Waals surface area contributed by atoms with Gasteiger partial charge in [-0.2, -0.15) is 0 Å². The van der Waals surface area contributed by atoms with E-state index < -0.39 is 0 Å². The molecule has 134 valence electrons. The van der Waals surface area contributed by atoms with Crippen LogP contribution in [0.4, 0.5) is 0 Å². The van der Waals surface area contributed by atoms with E-state index in [1.807, 2.05) is 18.2 Å². The normalized spacial score (nSPS) is 12.8. The van der Waals surface area contributed by atoms with Crippen LogP contribution in [0.2, 0.25) is 5.02 Å². The lowest BCUT2D eigenvalue weighted by molar-refractivity contribution is 0.0925. The van der Waals surface area contributed by atoms with Gasteiger partial charge < -0.3 is 23.9 Å². The minimum absolute atomic E-state index is 0.216. The largest absolute Gasteiger partial charge is 0.493 e. The van der Waals surface area contributed by atoms with Crippen LogP contribution < -0.4 is 19.5 Å². The molecule has 0 radical (unpaired) electrons. The molecule has 1 amide bonds. The Kier molecular flexibility index (Phi) is 4.34. The molecule has 6 nitrogen and oxygen atoms in total. The van der Waals surface area contributed by atoms with E-state index in [0.29, 0.717) is 41.1 Å². The van der Waals surface area contributed by atoms with Gasteiger partial charge >= 0.3 is 0 Å². The summed E-state index contributed by atoms with van der Waals surface area (Å²) in [5.41, 5.74) is 1.35. The first-order valence-corrected chi connectivity index (χ1v) is 8.46. The van der Waals surface area contributed by atoms with Crippen LogP contribution in [0.1, 0.15) is 16.1 Å². The second-order valence-corrected chi connectivity index (χ2v) is 6.18. The van der Waals surface area contributed by atoms with Gasteiger partial charge in [0.25, 0.3) is 5.91 Å². The molecule has 0 unspecified atom stereocenters. The molecule has 0 aliphatic carbocycles. The summed E-state index contributed by atoms with van der Waals surface area (Å²) in [6.45, 7) is 1.22. The van der Waals surface area contributed by atoms with E-state index >= 15 is 0 Å². The number of hydrogen-bond donors (Lipinski definition) is 1. The molecule has 26 heavy (non-hydrogen) atoms. The molecule has 1 aromatic heterocycles. The van der Waals surface area contributed by atoms with E-state index in [4.69, 9.17) is 30.2 Å². The molecule has 0 saturated carbocycles. The number of hydrogen-bond acceptors (Lipinski definition) is 5. The first kappa shape index (κ1) is 16.6. The maximum Gasteiger partial charge on any atom is 0.287 e. The van der Waals surface area contributed by atoms with Crippen LogP contribution in [0.15, 0.2) is 40.8 Å². The van der Waals surface area contributed by atoms with Gasteiger partial charge in [-0.05, 0) is 29.8 Å². The second kappa shape index (κ2) is 6.80. The Bertz CT molecular complexity index is 981. The van der Waals surface area contributed by atoms with Crippen molar-refractivity contribution < 1.29 is 23.4 Å². The summed E-state index contributed by atoms with van der Waals surface area (Å²) in [6, 6.07) is 10.7. The zero-order chi connectivity index (χ0) is 18.1. The lowest BCUT2D eigenvalue weighted by Crippen LogP contribution is -2.22. The van der Waals surface area contributed by atoms with Crippen LogP contribution in [-0.2, 0) is 6.54 Å². The first-order chi connectivity index (χ1) is 12.7. The number of nitrogens with one attached hydrogen (secondary N) is 1. The van der Waals surface area contributed by atoms with Crippen molar-refractivity contribution in [3.05, 3.63) is 52.7 Å². The number of furan rings is 1. The molecule has 3 aromatic rings. The molecule has 0 spiro atoms. The second-order valence-electron chi connectivity index (χ2n) is 5.77. The number of ether oxygens (including phenoxy) is 3. The highest BCUT2D eigenvalue weighted by Gasteiger charge is 2.18. The standard InChI is InChI=1S/C19H16ClNO5/c1-23-14-4-2-3-12-9-16(26-17(12)14)19(22)21-10-11-7-13(20)18-15(8-11)24-5-6-25-18/h2-4,7-9H,5-6,10H2,1H3,(H,21,22). The maximum absolute atomic E-state index is 12.4. The third kappa shape index (κ3) is 3.04. The predicted molar refractivity (Wildman–Crippen MR) is 96.4 cm³/mol. The molecule has 0 atom stereocenters. The Morgan fingerprint density at radius 1 is 1.23 bits per heavy atom. The maximum atomic E-state index is 12.4. The Balaban J connectivity index is 1.51. The lowest BCUT2D eigenvalue weighted by Gasteiger charge is -2.20. The van der Waals surface area contributed by atoms with E-state index in [9.17, 15) is 4.79 Å². The lowest BCUT2D eigenvalue weighted by atomic mass is 10.2. The SMILES string of the molecule is COc1cccc2cc(C(=O)NCc3cc(Cl)c4c(c3)OCCO4)oc12. The number of para-hydroxylation sites is 1. The van der Waals surface area contributed by atoms with Crippen molar-refractivity contribution in [1.82, 2.24) is 5.32 Å². The fourth-order valence-electron chi connectivity index (χ4n) is 2.84. The summed E-state index contributed by atoms with van der Waals surface area (Å²) in [7, 11) is 1.56. The highest BCUT2D eigenvalue weighted by molar-refractivity contribution is 6.32. The van der Waals surface area contributed by atoms with Gasteiger partial charge in [0.2, 0.25) is 0 Å². The minimum Gasteiger partial charge on any atom is -0.493 e. The van der Waals surface area contributed by atoms with Gasteiger partial charge in [0.05, 0.1) is 12.1 Å². The molecular formula is C19H16ClNO5. The van der Waals surface area contributed by atoms with Gasteiger partial charge in [0, 0.05) is 11.9 Å². The van der Waals surface area contributed by atoms with E-state index in [1.165, 1.54) is 0 Å². The summed E-state index contributed by atoms with van der Waals surface area (Å²) in [5.74, 6) is 1.60. The number of fused-ring (bicyclic) bond motifs is 2. The average Bonchev–Trinajstić information content (AvgIpc) is 3.10. The molecule has 0 bridgehead atoms. The van der Waals surface area contributed by atoms with Crippen molar-refractivity contribution in [2.45, 2.75) is 6.54 Å². The highest BCUT2D eigenvalue weighted by atomic mass is 35.5. The van der Waals surface area contributed by atoms with Crippen LogP contribution >= 0.6 is 11.6 Å². The van der Waals surface area contributed by atoms with Crippen molar-refractivity contribution in [2.75, 3.05) is 20.3 Å². The third-order valence-electron chi connectivity index (χ3n) is 4.06. The van der Waals surface area contributed by atoms with Crippen molar-refractivity contribution >= 4 is 28.5 Å². The molecule has 0 fully saturated rings. The average molecular weight is 374 g/mol. The summed E-state index contributed by atoms with van der Waals surface area (Å²) < 4.78 is 21.9. The van der Waals surface area contributed by atoms with E-state index in [-0.39, 0.29) is 18.2 Å². The molecule has 1 N–H and O–H groups in total. The smallest absolute Gasteiger partial charge is 0.287 e. The van der Waals surface area contributed by atoms with Crippen LogP contribution in [0.5, 0.6) is 17.2 Å². The number of halogens is 1. The molecule has 1 aliphatic heterocycles. The van der Waals surface area contributed by atoms with E-state index in [2.05, 4.69) is 5.32 Å². The Labute approximate surface area is 154 Å². The van der Waals surface area contributed by atoms with Crippen LogP contribution in [0.25, 0.3) is 11.0 Å². The van der Waals surface area contributed by atoms with Crippen molar-refractivity contribution in [3.8, 4) is 17.2 Å². The van der Waals surface area contributed by atoms with Crippen molar-refractivity contribution in [1.29, 1.82) is 0 Å². The monoisotopic (exact) mass is 373 g/mol. The fourth-order valence-corrected chi connectivity index (χ4v) is 3.13. The van der Waals surface area contributed by atoms with E-state index in [0.717, 1.165) is 10.9 Å². The molecule has 1 aliphatic rings. The van der Waals surface area contributed by atoms with Crippen molar-refractivity contribution in [3.63, 3.8) is 0 Å². The minimum atomic E-state index is -0.325. The summed E-state index contributed by atoms with van der Waals surface area (Å²) >= 11 is 6.22. The highest BCUT2D eigenvalue weighted by Crippen LogP contribution is 2.38. The summed E-state index contributed by atoms with van der Waals surface area (Å²) in [4.78, 5) is 12.4. The Hall–Kier alpha value is -2.86. The molecule has 7 heteroatoms. The van der Waals surface area contributed by atoms with Crippen LogP contribution in [-0.4, -0.2) is 26.2 Å². The zero-order valence-corrected chi connectivity index (χ0v) is 14.8. The van der Waals surface area contributed by atoms with Gasteiger partial charge in [-0.1, -0.05) is 23.7 Å². The van der Waals surface area contributed by atoms with Crippen molar-refractivity contribution in [2.24, 2.45) is 0 Å².